The molecule has 3 heteroatoms. The van der Waals surface area contributed by atoms with Gasteiger partial charge in [-0.3, -0.25) is 11.3 Å². The first kappa shape index (κ1) is 13.3. The zero-order chi connectivity index (χ0) is 12.3. The van der Waals surface area contributed by atoms with Crippen LogP contribution in [0.5, 0.6) is 0 Å². The van der Waals surface area contributed by atoms with Gasteiger partial charge in [0.05, 0.1) is 0 Å². The second-order valence-corrected chi connectivity index (χ2v) is 6.05. The highest BCUT2D eigenvalue weighted by molar-refractivity contribution is 4.96. The van der Waals surface area contributed by atoms with Crippen LogP contribution in [0.25, 0.3) is 0 Å². The summed E-state index contributed by atoms with van der Waals surface area (Å²) in [5, 5.41) is 0. The minimum absolute atomic E-state index is 0.554. The van der Waals surface area contributed by atoms with Gasteiger partial charge in [-0.1, -0.05) is 26.2 Å². The van der Waals surface area contributed by atoms with Gasteiger partial charge in [0.2, 0.25) is 0 Å². The lowest BCUT2D eigenvalue weighted by Crippen LogP contribution is -2.48. The lowest BCUT2D eigenvalue weighted by Gasteiger charge is -2.39. The topological polar surface area (TPSA) is 41.3 Å². The van der Waals surface area contributed by atoms with Crippen molar-refractivity contribution in [2.24, 2.45) is 11.8 Å². The molecule has 2 fully saturated rings. The second-order valence-electron chi connectivity index (χ2n) is 6.05. The highest BCUT2D eigenvalue weighted by Crippen LogP contribution is 2.39. The molecule has 0 spiro atoms. The SMILES string of the molecule is CCCCCC(NN)C1CC2CCC(C1)N2C. The molecule has 0 radical (unpaired) electrons. The highest BCUT2D eigenvalue weighted by Gasteiger charge is 2.40. The number of rotatable bonds is 6. The van der Waals surface area contributed by atoms with E-state index in [9.17, 15) is 0 Å². The maximum Gasteiger partial charge on any atom is 0.0239 e. The Morgan fingerprint density at radius 1 is 1.24 bits per heavy atom. The average Bonchev–Trinajstić information content (AvgIpc) is 2.56. The van der Waals surface area contributed by atoms with Crippen molar-refractivity contribution < 1.29 is 0 Å². The molecule has 2 rings (SSSR count). The standard InChI is InChI=1S/C14H29N3/c1-3-4-5-6-14(16-15)11-9-12-7-8-13(10-11)17(12)2/h11-14,16H,3-10,15H2,1-2H3. The van der Waals surface area contributed by atoms with E-state index in [0.29, 0.717) is 6.04 Å². The van der Waals surface area contributed by atoms with Crippen LogP contribution in [0.2, 0.25) is 0 Å². The third-order valence-corrected chi connectivity index (χ3v) is 5.04. The molecule has 2 aliphatic heterocycles. The summed E-state index contributed by atoms with van der Waals surface area (Å²) in [5.74, 6) is 6.58. The maximum absolute atomic E-state index is 5.77. The summed E-state index contributed by atoms with van der Waals surface area (Å²) < 4.78 is 0. The van der Waals surface area contributed by atoms with E-state index in [1.807, 2.05) is 0 Å². The molecule has 0 aromatic carbocycles. The molecule has 2 heterocycles. The highest BCUT2D eigenvalue weighted by atomic mass is 15.2. The Morgan fingerprint density at radius 3 is 2.41 bits per heavy atom. The van der Waals surface area contributed by atoms with Gasteiger partial charge in [0.1, 0.15) is 0 Å². The van der Waals surface area contributed by atoms with Gasteiger partial charge in [-0.15, -0.1) is 0 Å². The van der Waals surface area contributed by atoms with E-state index in [4.69, 9.17) is 5.84 Å². The zero-order valence-electron chi connectivity index (χ0n) is 11.5. The molecule has 0 aromatic rings. The van der Waals surface area contributed by atoms with Crippen molar-refractivity contribution in [3.63, 3.8) is 0 Å². The van der Waals surface area contributed by atoms with Gasteiger partial charge < -0.3 is 4.90 Å². The van der Waals surface area contributed by atoms with Crippen LogP contribution in [0.1, 0.15) is 58.3 Å². The van der Waals surface area contributed by atoms with Gasteiger partial charge in [-0.25, -0.2) is 0 Å². The zero-order valence-corrected chi connectivity index (χ0v) is 11.5. The minimum atomic E-state index is 0.554. The Bertz CT molecular complexity index is 218. The van der Waals surface area contributed by atoms with Crippen LogP contribution in [-0.4, -0.2) is 30.1 Å². The van der Waals surface area contributed by atoms with E-state index < -0.39 is 0 Å². The molecule has 0 amide bonds. The molecule has 2 saturated heterocycles. The number of hydrogen-bond acceptors (Lipinski definition) is 3. The number of fused-ring (bicyclic) bond motifs is 2. The summed E-state index contributed by atoms with van der Waals surface area (Å²) in [6, 6.07) is 2.22. The van der Waals surface area contributed by atoms with E-state index in [1.54, 1.807) is 0 Å². The normalized spacial score (nSPS) is 35.1. The van der Waals surface area contributed by atoms with Gasteiger partial charge in [-0.05, 0) is 45.1 Å². The number of nitrogens with two attached hydrogens (primary N) is 1. The predicted molar refractivity (Wildman–Crippen MR) is 72.6 cm³/mol. The van der Waals surface area contributed by atoms with Crippen molar-refractivity contribution >= 4 is 0 Å². The van der Waals surface area contributed by atoms with E-state index in [1.165, 1.54) is 51.4 Å². The summed E-state index contributed by atoms with van der Waals surface area (Å²) >= 11 is 0. The van der Waals surface area contributed by atoms with Crippen LogP contribution in [-0.2, 0) is 0 Å². The molecule has 3 atom stereocenters. The van der Waals surface area contributed by atoms with Gasteiger partial charge in [-0.2, -0.15) is 0 Å². The Hall–Kier alpha value is -0.120. The lowest BCUT2D eigenvalue weighted by molar-refractivity contribution is 0.109. The summed E-state index contributed by atoms with van der Waals surface area (Å²) in [5.41, 5.74) is 3.10. The Kier molecular flexibility index (Phi) is 4.83. The third-order valence-electron chi connectivity index (χ3n) is 5.04. The average molecular weight is 239 g/mol. The van der Waals surface area contributed by atoms with Gasteiger partial charge >= 0.3 is 0 Å². The molecule has 100 valence electrons. The Balaban J connectivity index is 1.84. The molecular weight excluding hydrogens is 210 g/mol. The Morgan fingerprint density at radius 2 is 1.88 bits per heavy atom. The smallest absolute Gasteiger partial charge is 0.0239 e. The second kappa shape index (κ2) is 6.17. The molecule has 0 aromatic heterocycles. The molecule has 0 saturated carbocycles. The molecule has 2 aliphatic rings. The fourth-order valence-electron chi connectivity index (χ4n) is 3.85. The number of unbranched alkanes of at least 4 members (excludes halogenated alkanes) is 2. The third kappa shape index (κ3) is 3.01. The first-order valence-electron chi connectivity index (χ1n) is 7.44. The number of nitrogens with one attached hydrogen (secondary N) is 1. The van der Waals surface area contributed by atoms with Crippen molar-refractivity contribution in [1.82, 2.24) is 10.3 Å². The van der Waals surface area contributed by atoms with Gasteiger partial charge in [0.15, 0.2) is 0 Å². The fraction of sp³-hybridized carbons (Fsp3) is 1.00. The summed E-state index contributed by atoms with van der Waals surface area (Å²) in [7, 11) is 2.31. The Labute approximate surface area is 106 Å². The van der Waals surface area contributed by atoms with Gasteiger partial charge in [0.25, 0.3) is 0 Å². The number of nitrogens with zero attached hydrogens (tertiary/aromatic N) is 1. The number of hydrazine groups is 1. The summed E-state index contributed by atoms with van der Waals surface area (Å²) in [6.07, 6.45) is 10.8. The van der Waals surface area contributed by atoms with Crippen molar-refractivity contribution in [3.8, 4) is 0 Å². The minimum Gasteiger partial charge on any atom is -0.300 e. The molecule has 17 heavy (non-hydrogen) atoms. The summed E-state index contributed by atoms with van der Waals surface area (Å²) in [4.78, 5) is 2.61. The molecule has 3 nitrogen and oxygen atoms in total. The van der Waals surface area contributed by atoms with E-state index in [0.717, 1.165) is 18.0 Å². The van der Waals surface area contributed by atoms with Crippen LogP contribution in [0, 0.1) is 5.92 Å². The predicted octanol–water partition coefficient (Wildman–Crippen LogP) is 2.27. The summed E-state index contributed by atoms with van der Waals surface area (Å²) in [6.45, 7) is 2.26. The molecule has 3 N–H and O–H groups in total. The quantitative estimate of drug-likeness (QED) is 0.424. The van der Waals surface area contributed by atoms with Crippen LogP contribution in [0.3, 0.4) is 0 Å². The van der Waals surface area contributed by atoms with E-state index in [-0.39, 0.29) is 0 Å². The lowest BCUT2D eigenvalue weighted by atomic mass is 9.83. The van der Waals surface area contributed by atoms with E-state index >= 15 is 0 Å². The van der Waals surface area contributed by atoms with Crippen LogP contribution >= 0.6 is 0 Å². The monoisotopic (exact) mass is 239 g/mol. The molecule has 2 bridgehead atoms. The van der Waals surface area contributed by atoms with Crippen molar-refractivity contribution in [2.75, 3.05) is 7.05 Å². The maximum atomic E-state index is 5.77. The molecular formula is C14H29N3. The van der Waals surface area contributed by atoms with Crippen LogP contribution in [0.15, 0.2) is 0 Å². The molecule has 3 unspecified atom stereocenters. The first-order chi connectivity index (χ1) is 8.26. The van der Waals surface area contributed by atoms with Gasteiger partial charge in [0, 0.05) is 18.1 Å². The van der Waals surface area contributed by atoms with Crippen molar-refractivity contribution in [2.45, 2.75) is 76.4 Å². The van der Waals surface area contributed by atoms with Crippen molar-refractivity contribution in [1.29, 1.82) is 0 Å². The van der Waals surface area contributed by atoms with Crippen molar-refractivity contribution in [3.05, 3.63) is 0 Å². The number of hydrogen-bond donors (Lipinski definition) is 2. The largest absolute Gasteiger partial charge is 0.300 e. The fourth-order valence-corrected chi connectivity index (χ4v) is 3.85. The van der Waals surface area contributed by atoms with E-state index in [2.05, 4.69) is 24.3 Å². The number of piperidine rings is 1. The van der Waals surface area contributed by atoms with Crippen LogP contribution < -0.4 is 11.3 Å². The van der Waals surface area contributed by atoms with Crippen LogP contribution in [0.4, 0.5) is 0 Å². The first-order valence-corrected chi connectivity index (χ1v) is 7.44. The molecule has 0 aliphatic carbocycles.